The number of carbonyl (C=O) groups is 1. The summed E-state index contributed by atoms with van der Waals surface area (Å²) in [7, 11) is 0. The van der Waals surface area contributed by atoms with Crippen molar-refractivity contribution in [2.24, 2.45) is 5.73 Å². The zero-order chi connectivity index (χ0) is 15.4. The molecule has 2 rings (SSSR count). The minimum Gasteiger partial charge on any atom is -0.351 e. The molecule has 0 atom stereocenters. The van der Waals surface area contributed by atoms with Crippen LogP contribution in [-0.2, 0) is 6.54 Å². The van der Waals surface area contributed by atoms with Gasteiger partial charge in [-0.15, -0.1) is 0 Å². The van der Waals surface area contributed by atoms with Gasteiger partial charge in [-0.3, -0.25) is 9.48 Å². The maximum Gasteiger partial charge on any atom is 0.255 e. The van der Waals surface area contributed by atoms with Gasteiger partial charge in [0.05, 0.1) is 17.8 Å². The number of aryl methyl sites for hydroxylation is 1. The highest BCUT2D eigenvalue weighted by molar-refractivity contribution is 9.10. The van der Waals surface area contributed by atoms with Crippen LogP contribution >= 0.6 is 15.9 Å². The van der Waals surface area contributed by atoms with Crippen LogP contribution in [0.3, 0.4) is 0 Å². The number of rotatable bonds is 5. The SMILES string of the molecule is Cc1nn(Cc2cccc(Br)c2)c(C)c1C(=O)NCCN. The Kier molecular flexibility index (Phi) is 5.14. The molecule has 5 nitrogen and oxygen atoms in total. The molecule has 1 amide bonds. The lowest BCUT2D eigenvalue weighted by molar-refractivity contribution is 0.0953. The highest BCUT2D eigenvalue weighted by Crippen LogP contribution is 2.17. The third kappa shape index (κ3) is 3.71. The predicted molar refractivity (Wildman–Crippen MR) is 86.3 cm³/mol. The van der Waals surface area contributed by atoms with Crippen molar-refractivity contribution in [3.8, 4) is 0 Å². The summed E-state index contributed by atoms with van der Waals surface area (Å²) in [5.74, 6) is -0.115. The number of aromatic nitrogens is 2. The maximum atomic E-state index is 12.1. The minimum absolute atomic E-state index is 0.115. The fourth-order valence-corrected chi connectivity index (χ4v) is 2.71. The molecule has 1 aromatic carbocycles. The Hall–Kier alpha value is -1.66. The van der Waals surface area contributed by atoms with E-state index in [4.69, 9.17) is 5.73 Å². The number of hydrogen-bond acceptors (Lipinski definition) is 3. The van der Waals surface area contributed by atoms with Crippen molar-refractivity contribution in [1.29, 1.82) is 0 Å². The fourth-order valence-electron chi connectivity index (χ4n) is 2.26. The number of amides is 1. The molecule has 0 saturated heterocycles. The van der Waals surface area contributed by atoms with Crippen LogP contribution in [0, 0.1) is 13.8 Å². The molecule has 2 aromatic rings. The van der Waals surface area contributed by atoms with E-state index in [0.29, 0.717) is 25.2 Å². The van der Waals surface area contributed by atoms with Crippen molar-refractivity contribution >= 4 is 21.8 Å². The Labute approximate surface area is 132 Å². The molecular formula is C15H19BrN4O. The minimum atomic E-state index is -0.115. The number of hydrogen-bond donors (Lipinski definition) is 2. The topological polar surface area (TPSA) is 72.9 Å². The molecule has 112 valence electrons. The van der Waals surface area contributed by atoms with Crippen molar-refractivity contribution in [3.63, 3.8) is 0 Å². The zero-order valence-corrected chi connectivity index (χ0v) is 13.8. The summed E-state index contributed by atoms with van der Waals surface area (Å²) < 4.78 is 2.89. The maximum absolute atomic E-state index is 12.1. The molecule has 6 heteroatoms. The highest BCUT2D eigenvalue weighted by Gasteiger charge is 2.18. The van der Waals surface area contributed by atoms with Gasteiger partial charge in [-0.1, -0.05) is 28.1 Å². The first kappa shape index (κ1) is 15.7. The molecule has 0 spiro atoms. The summed E-state index contributed by atoms with van der Waals surface area (Å²) >= 11 is 3.46. The number of benzene rings is 1. The van der Waals surface area contributed by atoms with Crippen molar-refractivity contribution in [1.82, 2.24) is 15.1 Å². The third-order valence-corrected chi connectivity index (χ3v) is 3.75. The molecule has 0 saturated carbocycles. The molecule has 0 aliphatic heterocycles. The van der Waals surface area contributed by atoms with Crippen molar-refractivity contribution in [2.75, 3.05) is 13.1 Å². The van der Waals surface area contributed by atoms with Gasteiger partial charge < -0.3 is 11.1 Å². The van der Waals surface area contributed by atoms with Crippen LogP contribution in [0.1, 0.15) is 27.3 Å². The van der Waals surface area contributed by atoms with E-state index in [0.717, 1.165) is 21.4 Å². The number of halogens is 1. The molecule has 1 aromatic heterocycles. The van der Waals surface area contributed by atoms with Crippen LogP contribution in [-0.4, -0.2) is 28.8 Å². The number of nitrogens with two attached hydrogens (primary N) is 1. The molecule has 1 heterocycles. The smallest absolute Gasteiger partial charge is 0.255 e. The van der Waals surface area contributed by atoms with Gasteiger partial charge >= 0.3 is 0 Å². The third-order valence-electron chi connectivity index (χ3n) is 3.26. The fraction of sp³-hybridized carbons (Fsp3) is 0.333. The van der Waals surface area contributed by atoms with Crippen LogP contribution in [0.25, 0.3) is 0 Å². The Morgan fingerprint density at radius 1 is 1.43 bits per heavy atom. The van der Waals surface area contributed by atoms with Gasteiger partial charge in [-0.05, 0) is 31.5 Å². The van der Waals surface area contributed by atoms with E-state index in [1.807, 2.05) is 42.8 Å². The molecule has 0 aliphatic rings. The first-order valence-electron chi connectivity index (χ1n) is 6.79. The van der Waals surface area contributed by atoms with Gasteiger partial charge in [-0.25, -0.2) is 0 Å². The van der Waals surface area contributed by atoms with Gasteiger partial charge in [0.2, 0.25) is 0 Å². The van der Waals surface area contributed by atoms with E-state index in [1.54, 1.807) is 0 Å². The average molecular weight is 351 g/mol. The molecule has 3 N–H and O–H groups in total. The second kappa shape index (κ2) is 6.87. The monoisotopic (exact) mass is 350 g/mol. The molecule has 0 aliphatic carbocycles. The van der Waals surface area contributed by atoms with Crippen molar-refractivity contribution < 1.29 is 4.79 Å². The lowest BCUT2D eigenvalue weighted by Gasteiger charge is -2.07. The Balaban J connectivity index is 2.24. The normalized spacial score (nSPS) is 10.7. The lowest BCUT2D eigenvalue weighted by Crippen LogP contribution is -2.29. The first-order chi connectivity index (χ1) is 10.0. The Bertz CT molecular complexity index is 651. The molecule has 0 fully saturated rings. The summed E-state index contributed by atoms with van der Waals surface area (Å²) in [6.45, 7) is 5.29. The summed E-state index contributed by atoms with van der Waals surface area (Å²) in [5.41, 5.74) is 8.77. The largest absolute Gasteiger partial charge is 0.351 e. The molecule has 21 heavy (non-hydrogen) atoms. The van der Waals surface area contributed by atoms with E-state index >= 15 is 0 Å². The lowest BCUT2D eigenvalue weighted by atomic mass is 10.1. The highest BCUT2D eigenvalue weighted by atomic mass is 79.9. The van der Waals surface area contributed by atoms with E-state index in [-0.39, 0.29) is 5.91 Å². The number of nitrogens with zero attached hydrogens (tertiary/aromatic N) is 2. The molecular weight excluding hydrogens is 332 g/mol. The summed E-state index contributed by atoms with van der Waals surface area (Å²) in [6, 6.07) is 8.05. The van der Waals surface area contributed by atoms with Crippen LogP contribution in [0.15, 0.2) is 28.7 Å². The Morgan fingerprint density at radius 2 is 2.19 bits per heavy atom. The standard InChI is InChI=1S/C15H19BrN4O/c1-10-14(15(21)18-7-6-17)11(2)20(19-10)9-12-4-3-5-13(16)8-12/h3-5,8H,6-7,9,17H2,1-2H3,(H,18,21). The molecule has 0 bridgehead atoms. The summed E-state index contributed by atoms with van der Waals surface area (Å²) in [5, 5.41) is 7.27. The van der Waals surface area contributed by atoms with Gasteiger partial charge in [0.15, 0.2) is 0 Å². The summed E-state index contributed by atoms with van der Waals surface area (Å²) in [4.78, 5) is 12.1. The van der Waals surface area contributed by atoms with Crippen LogP contribution in [0.5, 0.6) is 0 Å². The number of nitrogens with one attached hydrogen (secondary N) is 1. The van der Waals surface area contributed by atoms with Gasteiger partial charge in [0.1, 0.15) is 0 Å². The van der Waals surface area contributed by atoms with E-state index < -0.39 is 0 Å². The Morgan fingerprint density at radius 3 is 2.86 bits per heavy atom. The zero-order valence-electron chi connectivity index (χ0n) is 12.2. The van der Waals surface area contributed by atoms with E-state index in [2.05, 4.69) is 26.3 Å². The number of carbonyl (C=O) groups excluding carboxylic acids is 1. The first-order valence-corrected chi connectivity index (χ1v) is 7.59. The van der Waals surface area contributed by atoms with Gasteiger partial charge in [-0.2, -0.15) is 5.10 Å². The van der Waals surface area contributed by atoms with E-state index in [9.17, 15) is 4.79 Å². The van der Waals surface area contributed by atoms with Crippen LogP contribution in [0.2, 0.25) is 0 Å². The van der Waals surface area contributed by atoms with Crippen molar-refractivity contribution in [3.05, 3.63) is 51.3 Å². The van der Waals surface area contributed by atoms with Crippen molar-refractivity contribution in [2.45, 2.75) is 20.4 Å². The van der Waals surface area contributed by atoms with Gasteiger partial charge in [0, 0.05) is 23.3 Å². The average Bonchev–Trinajstić information content (AvgIpc) is 2.71. The van der Waals surface area contributed by atoms with E-state index in [1.165, 1.54) is 0 Å². The molecule has 0 radical (unpaired) electrons. The summed E-state index contributed by atoms with van der Waals surface area (Å²) in [6.07, 6.45) is 0. The molecule has 0 unspecified atom stereocenters. The predicted octanol–water partition coefficient (Wildman–Crippen LogP) is 2.00. The second-order valence-electron chi connectivity index (χ2n) is 4.88. The van der Waals surface area contributed by atoms with Crippen LogP contribution < -0.4 is 11.1 Å². The quantitative estimate of drug-likeness (QED) is 0.865. The van der Waals surface area contributed by atoms with Crippen LogP contribution in [0.4, 0.5) is 0 Å². The van der Waals surface area contributed by atoms with Gasteiger partial charge in [0.25, 0.3) is 5.91 Å². The second-order valence-corrected chi connectivity index (χ2v) is 5.79.